The van der Waals surface area contributed by atoms with Gasteiger partial charge >= 0.3 is 0 Å². The molecule has 5 heteroatoms. The molecule has 1 aromatic rings. The van der Waals surface area contributed by atoms with Crippen LogP contribution in [0.1, 0.15) is 26.3 Å². The molecule has 0 amide bonds. The van der Waals surface area contributed by atoms with Crippen LogP contribution in [0.15, 0.2) is 29.4 Å². The molecule has 0 aliphatic carbocycles. The minimum absolute atomic E-state index is 0.293. The first-order valence-electron chi connectivity index (χ1n) is 5.78. The topological polar surface area (TPSA) is 45.6 Å². The van der Waals surface area contributed by atoms with E-state index in [1.807, 2.05) is 45.0 Å². The predicted molar refractivity (Wildman–Crippen MR) is 79.2 cm³/mol. The van der Waals surface area contributed by atoms with E-state index in [4.69, 9.17) is 17.0 Å². The van der Waals surface area contributed by atoms with Crippen molar-refractivity contribution in [1.82, 2.24) is 10.7 Å². The van der Waals surface area contributed by atoms with Gasteiger partial charge in [0.2, 0.25) is 0 Å². The highest BCUT2D eigenvalue weighted by Crippen LogP contribution is 2.11. The maximum absolute atomic E-state index is 5.10. The van der Waals surface area contributed by atoms with Crippen molar-refractivity contribution in [2.75, 3.05) is 7.11 Å². The summed E-state index contributed by atoms with van der Waals surface area (Å²) >= 11 is 5.09. The molecule has 2 N–H and O–H groups in total. The molecule has 98 valence electrons. The van der Waals surface area contributed by atoms with Gasteiger partial charge in [-0.05, 0) is 62.8 Å². The zero-order valence-electron chi connectivity index (χ0n) is 11.2. The Labute approximate surface area is 113 Å². The van der Waals surface area contributed by atoms with E-state index in [0.717, 1.165) is 17.0 Å². The van der Waals surface area contributed by atoms with E-state index < -0.39 is 0 Å². The number of methoxy groups -OCH3 is 1. The maximum atomic E-state index is 5.10. The molecular weight excluding hydrogens is 246 g/mol. The fraction of sp³-hybridized carbons (Fsp3) is 0.385. The number of rotatable bonds is 4. The summed E-state index contributed by atoms with van der Waals surface area (Å²) in [5, 5.41) is 7.81. The molecule has 0 heterocycles. The number of ether oxygens (including phenoxy) is 1. The van der Waals surface area contributed by atoms with E-state index >= 15 is 0 Å². The number of thiocarbonyl (C=S) groups is 1. The fourth-order valence-corrected chi connectivity index (χ4v) is 1.61. The molecule has 0 aliphatic rings. The van der Waals surface area contributed by atoms with E-state index in [1.54, 1.807) is 7.11 Å². The van der Waals surface area contributed by atoms with Gasteiger partial charge < -0.3 is 10.1 Å². The number of hydrazone groups is 1. The second-order valence-corrected chi connectivity index (χ2v) is 4.57. The minimum Gasteiger partial charge on any atom is -0.497 e. The quantitative estimate of drug-likeness (QED) is 0.498. The molecule has 0 bridgehead atoms. The van der Waals surface area contributed by atoms with Gasteiger partial charge in [0, 0.05) is 6.04 Å². The molecule has 0 saturated carbocycles. The van der Waals surface area contributed by atoms with E-state index in [1.165, 1.54) is 0 Å². The van der Waals surface area contributed by atoms with E-state index in [-0.39, 0.29) is 0 Å². The molecule has 0 aromatic heterocycles. The van der Waals surface area contributed by atoms with Gasteiger partial charge in [-0.2, -0.15) is 5.10 Å². The van der Waals surface area contributed by atoms with Gasteiger partial charge in [-0.25, -0.2) is 0 Å². The van der Waals surface area contributed by atoms with Gasteiger partial charge in [-0.3, -0.25) is 5.43 Å². The minimum atomic E-state index is 0.293. The van der Waals surface area contributed by atoms with Crippen LogP contribution in [0.5, 0.6) is 5.75 Å². The Hall–Kier alpha value is -1.62. The summed E-state index contributed by atoms with van der Waals surface area (Å²) in [7, 11) is 1.65. The molecule has 1 aromatic carbocycles. The third kappa shape index (κ3) is 4.71. The van der Waals surface area contributed by atoms with Gasteiger partial charge in [0.05, 0.1) is 12.8 Å². The smallest absolute Gasteiger partial charge is 0.187 e. The maximum Gasteiger partial charge on any atom is 0.187 e. The number of nitrogens with zero attached hydrogens (tertiary/aromatic N) is 1. The van der Waals surface area contributed by atoms with Gasteiger partial charge in [-0.15, -0.1) is 0 Å². The number of nitrogens with one attached hydrogen (secondary N) is 2. The molecule has 0 aliphatic heterocycles. The van der Waals surface area contributed by atoms with Crippen LogP contribution in [0.4, 0.5) is 0 Å². The summed E-state index contributed by atoms with van der Waals surface area (Å²) in [6.07, 6.45) is 0. The molecule has 0 radical (unpaired) electrons. The van der Waals surface area contributed by atoms with Crippen molar-refractivity contribution >= 4 is 23.0 Å². The molecule has 18 heavy (non-hydrogen) atoms. The zero-order chi connectivity index (χ0) is 13.5. The van der Waals surface area contributed by atoms with E-state index in [9.17, 15) is 0 Å². The fourth-order valence-electron chi connectivity index (χ4n) is 1.33. The lowest BCUT2D eigenvalue weighted by Gasteiger charge is -2.10. The van der Waals surface area contributed by atoms with Crippen molar-refractivity contribution in [3.63, 3.8) is 0 Å². The van der Waals surface area contributed by atoms with Gasteiger partial charge in [0.25, 0.3) is 0 Å². The van der Waals surface area contributed by atoms with Crippen LogP contribution in [-0.2, 0) is 0 Å². The van der Waals surface area contributed by atoms with Crippen LogP contribution in [0.2, 0.25) is 0 Å². The summed E-state index contributed by atoms with van der Waals surface area (Å²) in [6, 6.07) is 8.01. The normalized spacial score (nSPS) is 11.3. The number of hydrogen-bond acceptors (Lipinski definition) is 3. The van der Waals surface area contributed by atoms with E-state index in [2.05, 4.69) is 15.8 Å². The Morgan fingerprint density at radius 3 is 2.39 bits per heavy atom. The molecule has 0 fully saturated rings. The van der Waals surface area contributed by atoms with Crippen molar-refractivity contribution in [1.29, 1.82) is 0 Å². The largest absolute Gasteiger partial charge is 0.497 e. The molecule has 1 rings (SSSR count). The number of hydrogen-bond donors (Lipinski definition) is 2. The van der Waals surface area contributed by atoms with Crippen molar-refractivity contribution in [2.45, 2.75) is 26.8 Å². The monoisotopic (exact) mass is 265 g/mol. The first-order valence-corrected chi connectivity index (χ1v) is 6.19. The molecular formula is C13H19N3OS. The molecule has 0 unspecified atom stereocenters. The first-order chi connectivity index (χ1) is 8.52. The lowest BCUT2D eigenvalue weighted by molar-refractivity contribution is 0.415. The molecule has 0 saturated heterocycles. The predicted octanol–water partition coefficient (Wildman–Crippen LogP) is 2.29. The third-order valence-electron chi connectivity index (χ3n) is 2.25. The second kappa shape index (κ2) is 6.96. The Morgan fingerprint density at radius 1 is 1.28 bits per heavy atom. The summed E-state index contributed by atoms with van der Waals surface area (Å²) in [5.41, 5.74) is 4.71. The van der Waals surface area contributed by atoms with Crippen LogP contribution in [0.25, 0.3) is 0 Å². The molecule has 4 nitrogen and oxygen atoms in total. The highest BCUT2D eigenvalue weighted by Gasteiger charge is 2.00. The van der Waals surface area contributed by atoms with Gasteiger partial charge in [-0.1, -0.05) is 0 Å². The highest BCUT2D eigenvalue weighted by atomic mass is 32.1. The van der Waals surface area contributed by atoms with Crippen LogP contribution < -0.4 is 15.5 Å². The van der Waals surface area contributed by atoms with Gasteiger partial charge in [0.1, 0.15) is 5.75 Å². The van der Waals surface area contributed by atoms with E-state index in [0.29, 0.717) is 11.2 Å². The zero-order valence-corrected chi connectivity index (χ0v) is 12.0. The summed E-state index contributed by atoms with van der Waals surface area (Å²) in [5.74, 6) is 0.830. The lowest BCUT2D eigenvalue weighted by Crippen LogP contribution is -2.37. The Bertz CT molecular complexity index is 426. The van der Waals surface area contributed by atoms with Crippen molar-refractivity contribution in [3.8, 4) is 5.75 Å². The Kier molecular flexibility index (Phi) is 5.58. The summed E-state index contributed by atoms with van der Waals surface area (Å²) in [4.78, 5) is 0. The van der Waals surface area contributed by atoms with Gasteiger partial charge in [0.15, 0.2) is 5.11 Å². The average molecular weight is 265 g/mol. The highest BCUT2D eigenvalue weighted by molar-refractivity contribution is 7.80. The number of benzene rings is 1. The summed E-state index contributed by atoms with van der Waals surface area (Å²) < 4.78 is 5.10. The molecule has 0 spiro atoms. The van der Waals surface area contributed by atoms with Crippen LogP contribution in [0, 0.1) is 0 Å². The third-order valence-corrected chi connectivity index (χ3v) is 2.46. The summed E-state index contributed by atoms with van der Waals surface area (Å²) in [6.45, 7) is 5.97. The Morgan fingerprint density at radius 2 is 1.89 bits per heavy atom. The molecule has 0 atom stereocenters. The van der Waals surface area contributed by atoms with Crippen molar-refractivity contribution in [2.24, 2.45) is 5.10 Å². The van der Waals surface area contributed by atoms with Crippen LogP contribution in [-0.4, -0.2) is 24.0 Å². The second-order valence-electron chi connectivity index (χ2n) is 4.17. The average Bonchev–Trinajstić information content (AvgIpc) is 2.35. The SMILES string of the molecule is COc1ccc(C(C)=NNC(=S)NC(C)C)cc1. The standard InChI is InChI=1S/C13H19N3OS/c1-9(2)14-13(18)16-15-10(3)11-5-7-12(17-4)8-6-11/h5-9H,1-4H3,(H2,14,16,18). The van der Waals surface area contributed by atoms with Crippen LogP contribution in [0.3, 0.4) is 0 Å². The van der Waals surface area contributed by atoms with Crippen molar-refractivity contribution < 1.29 is 4.74 Å². The lowest BCUT2D eigenvalue weighted by atomic mass is 10.1. The van der Waals surface area contributed by atoms with Crippen LogP contribution >= 0.6 is 12.2 Å². The first kappa shape index (κ1) is 14.4. The Balaban J connectivity index is 2.62. The van der Waals surface area contributed by atoms with Crippen molar-refractivity contribution in [3.05, 3.63) is 29.8 Å².